The highest BCUT2D eigenvalue weighted by Gasteiger charge is 2.52. The van der Waals surface area contributed by atoms with E-state index in [9.17, 15) is 9.59 Å². The van der Waals surface area contributed by atoms with Gasteiger partial charge in [-0.05, 0) is 51.3 Å². The molecule has 22 heavy (non-hydrogen) atoms. The summed E-state index contributed by atoms with van der Waals surface area (Å²) in [4.78, 5) is 30.6. The molecule has 116 valence electrons. The minimum Gasteiger partial charge on any atom is -0.444 e. The summed E-state index contributed by atoms with van der Waals surface area (Å²) in [6.07, 6.45) is 6.37. The van der Waals surface area contributed by atoms with E-state index in [2.05, 4.69) is 4.98 Å². The number of pyridine rings is 1. The van der Waals surface area contributed by atoms with Crippen molar-refractivity contribution in [1.29, 1.82) is 0 Å². The molecule has 1 amide bonds. The van der Waals surface area contributed by atoms with Gasteiger partial charge < -0.3 is 4.74 Å². The summed E-state index contributed by atoms with van der Waals surface area (Å²) in [6.45, 7) is 5.49. The van der Waals surface area contributed by atoms with Crippen molar-refractivity contribution in [3.05, 3.63) is 35.7 Å². The molecule has 2 aliphatic heterocycles. The second-order valence-corrected chi connectivity index (χ2v) is 6.75. The topological polar surface area (TPSA) is 59.5 Å². The molecule has 5 nitrogen and oxygen atoms in total. The van der Waals surface area contributed by atoms with Gasteiger partial charge in [0.25, 0.3) is 0 Å². The number of fused-ring (bicyclic) bond motifs is 2. The Bertz CT molecular complexity index is 631. The molecular formula is C17H20N2O3. The summed E-state index contributed by atoms with van der Waals surface area (Å²) in [6, 6.07) is 3.18. The smallest absolute Gasteiger partial charge is 0.411 e. The maximum absolute atomic E-state index is 12.5. The lowest BCUT2D eigenvalue weighted by atomic mass is 9.92. The van der Waals surface area contributed by atoms with Crippen LogP contribution in [0.5, 0.6) is 0 Å². The van der Waals surface area contributed by atoms with E-state index in [4.69, 9.17) is 4.74 Å². The number of ether oxygens (including phenoxy) is 1. The van der Waals surface area contributed by atoms with Gasteiger partial charge in [0, 0.05) is 18.0 Å². The molecule has 3 rings (SSSR count). The number of amides is 1. The summed E-state index contributed by atoms with van der Waals surface area (Å²) in [5.74, 6) is 0.0333. The Morgan fingerprint density at radius 3 is 2.73 bits per heavy atom. The van der Waals surface area contributed by atoms with Crippen LogP contribution in [0.2, 0.25) is 0 Å². The van der Waals surface area contributed by atoms with Gasteiger partial charge in [0.15, 0.2) is 5.78 Å². The number of rotatable bonds is 1. The zero-order chi connectivity index (χ0) is 15.9. The Kier molecular flexibility index (Phi) is 3.51. The third kappa shape index (κ3) is 2.63. The van der Waals surface area contributed by atoms with E-state index >= 15 is 0 Å². The second-order valence-electron chi connectivity index (χ2n) is 6.75. The van der Waals surface area contributed by atoms with Crippen LogP contribution in [-0.4, -0.2) is 39.4 Å². The largest absolute Gasteiger partial charge is 0.444 e. The minimum atomic E-state index is -0.560. The molecule has 2 fully saturated rings. The van der Waals surface area contributed by atoms with E-state index < -0.39 is 11.7 Å². The van der Waals surface area contributed by atoms with Crippen LogP contribution >= 0.6 is 0 Å². The van der Waals surface area contributed by atoms with Gasteiger partial charge in [0.05, 0.1) is 12.1 Å². The molecule has 2 saturated heterocycles. The number of hydrogen-bond donors (Lipinski definition) is 0. The third-order valence-corrected chi connectivity index (χ3v) is 3.94. The number of ketones is 1. The van der Waals surface area contributed by atoms with E-state index in [-0.39, 0.29) is 17.9 Å². The highest BCUT2D eigenvalue weighted by atomic mass is 16.6. The van der Waals surface area contributed by atoms with Gasteiger partial charge >= 0.3 is 6.09 Å². The quantitative estimate of drug-likeness (QED) is 0.748. The van der Waals surface area contributed by atoms with Gasteiger partial charge in [-0.15, -0.1) is 0 Å². The van der Waals surface area contributed by atoms with Crippen LogP contribution in [0, 0.1) is 0 Å². The van der Waals surface area contributed by atoms with Crippen molar-refractivity contribution in [3.63, 3.8) is 0 Å². The van der Waals surface area contributed by atoms with E-state index in [0.717, 1.165) is 12.0 Å². The Balaban J connectivity index is 1.87. The lowest BCUT2D eigenvalue weighted by molar-refractivity contribution is -0.117. The maximum Gasteiger partial charge on any atom is 0.411 e. The first-order valence-electron chi connectivity index (χ1n) is 7.54. The molecule has 2 aliphatic rings. The predicted octanol–water partition coefficient (Wildman–Crippen LogP) is 2.82. The Labute approximate surface area is 130 Å². The summed E-state index contributed by atoms with van der Waals surface area (Å²) in [5.41, 5.74) is 1.01. The molecule has 3 heterocycles. The third-order valence-electron chi connectivity index (χ3n) is 3.94. The minimum absolute atomic E-state index is 0.0333. The van der Waals surface area contributed by atoms with Crippen molar-refractivity contribution in [2.24, 2.45) is 0 Å². The second kappa shape index (κ2) is 5.23. The van der Waals surface area contributed by atoms with Crippen molar-refractivity contribution < 1.29 is 14.3 Å². The van der Waals surface area contributed by atoms with Crippen LogP contribution in [0.25, 0.3) is 6.08 Å². The fourth-order valence-corrected chi connectivity index (χ4v) is 3.11. The van der Waals surface area contributed by atoms with Crippen molar-refractivity contribution in [1.82, 2.24) is 9.88 Å². The number of hydrogen-bond acceptors (Lipinski definition) is 4. The summed E-state index contributed by atoms with van der Waals surface area (Å²) < 4.78 is 5.44. The van der Waals surface area contributed by atoms with Crippen LogP contribution in [-0.2, 0) is 9.53 Å². The molecule has 0 aliphatic carbocycles. The van der Waals surface area contributed by atoms with Crippen LogP contribution in [0.4, 0.5) is 4.79 Å². The standard InChI is InChI=1S/C17H20N2O3/c1-17(2,3)22-16(21)19-13-6-7-14(19)15(20)12(13)9-11-5-4-8-18-10-11/h4-5,8-10,13-14H,6-7H2,1-3H3/b12-9-. The molecule has 2 atom stereocenters. The summed E-state index contributed by atoms with van der Waals surface area (Å²) in [7, 11) is 0. The summed E-state index contributed by atoms with van der Waals surface area (Å²) >= 11 is 0. The molecule has 1 aromatic heterocycles. The van der Waals surface area contributed by atoms with Gasteiger partial charge in [-0.3, -0.25) is 14.7 Å². The molecule has 2 bridgehead atoms. The van der Waals surface area contributed by atoms with Gasteiger partial charge in [0.1, 0.15) is 5.60 Å². The van der Waals surface area contributed by atoms with Crippen molar-refractivity contribution >= 4 is 18.0 Å². The average molecular weight is 300 g/mol. The van der Waals surface area contributed by atoms with Gasteiger partial charge in [-0.25, -0.2) is 4.79 Å². The van der Waals surface area contributed by atoms with Gasteiger partial charge in [-0.2, -0.15) is 0 Å². The zero-order valence-corrected chi connectivity index (χ0v) is 13.1. The first-order valence-corrected chi connectivity index (χ1v) is 7.54. The SMILES string of the molecule is CC(C)(C)OC(=O)N1C2CCC1/C(=C/c1cccnc1)C2=O. The molecule has 2 unspecified atom stereocenters. The first kappa shape index (κ1) is 14.8. The molecule has 0 aromatic carbocycles. The van der Waals surface area contributed by atoms with Crippen LogP contribution in [0.15, 0.2) is 30.1 Å². The van der Waals surface area contributed by atoms with Crippen molar-refractivity contribution in [2.45, 2.75) is 51.3 Å². The molecule has 0 spiro atoms. The number of aromatic nitrogens is 1. The predicted molar refractivity (Wildman–Crippen MR) is 82.1 cm³/mol. The maximum atomic E-state index is 12.5. The fourth-order valence-electron chi connectivity index (χ4n) is 3.11. The van der Waals surface area contributed by atoms with Crippen LogP contribution in [0.3, 0.4) is 0 Å². The average Bonchev–Trinajstić information content (AvgIpc) is 2.96. The lowest BCUT2D eigenvalue weighted by Crippen LogP contribution is -2.40. The first-order chi connectivity index (χ1) is 10.4. The number of nitrogens with zero attached hydrogens (tertiary/aromatic N) is 2. The number of Topliss-reactive ketones (excluding diaryl/α,β-unsaturated/α-hetero) is 1. The lowest BCUT2D eigenvalue weighted by Gasteiger charge is -2.26. The van der Waals surface area contributed by atoms with E-state index in [0.29, 0.717) is 12.0 Å². The van der Waals surface area contributed by atoms with Gasteiger partial charge in [-0.1, -0.05) is 6.07 Å². The molecule has 0 radical (unpaired) electrons. The summed E-state index contributed by atoms with van der Waals surface area (Å²) in [5, 5.41) is 0. The molecular weight excluding hydrogens is 280 g/mol. The molecule has 0 N–H and O–H groups in total. The van der Waals surface area contributed by atoms with Gasteiger partial charge in [0.2, 0.25) is 0 Å². The Morgan fingerprint density at radius 1 is 1.36 bits per heavy atom. The van der Waals surface area contributed by atoms with Crippen LogP contribution < -0.4 is 0 Å². The normalized spacial score (nSPS) is 25.9. The fraction of sp³-hybridized carbons (Fsp3) is 0.471. The highest BCUT2D eigenvalue weighted by Crippen LogP contribution is 2.40. The number of carbonyl (C=O) groups is 2. The Hall–Kier alpha value is -2.17. The van der Waals surface area contributed by atoms with Crippen LogP contribution in [0.1, 0.15) is 39.2 Å². The van der Waals surface area contributed by atoms with E-state index in [1.807, 2.05) is 39.0 Å². The Morgan fingerprint density at radius 2 is 2.09 bits per heavy atom. The monoisotopic (exact) mass is 300 g/mol. The molecule has 0 saturated carbocycles. The van der Waals surface area contributed by atoms with E-state index in [1.54, 1.807) is 17.3 Å². The van der Waals surface area contributed by atoms with Crippen molar-refractivity contribution in [2.75, 3.05) is 0 Å². The number of carbonyl (C=O) groups excluding carboxylic acids is 2. The highest BCUT2D eigenvalue weighted by molar-refractivity contribution is 6.09. The molecule has 5 heteroatoms. The van der Waals surface area contributed by atoms with Crippen molar-refractivity contribution in [3.8, 4) is 0 Å². The van der Waals surface area contributed by atoms with E-state index in [1.165, 1.54) is 0 Å². The molecule has 1 aromatic rings. The zero-order valence-electron chi connectivity index (χ0n) is 13.1.